The van der Waals surface area contributed by atoms with Crippen molar-refractivity contribution in [2.24, 2.45) is 0 Å². The van der Waals surface area contributed by atoms with Crippen molar-refractivity contribution in [2.45, 2.75) is 38.3 Å². The lowest BCUT2D eigenvalue weighted by Gasteiger charge is -2.25. The van der Waals surface area contributed by atoms with Gasteiger partial charge in [0, 0.05) is 31.1 Å². The third-order valence-corrected chi connectivity index (χ3v) is 3.93. The average molecular weight is 281 g/mol. The second kappa shape index (κ2) is 6.40. The third-order valence-electron chi connectivity index (χ3n) is 3.68. The van der Waals surface area contributed by atoms with Crippen LogP contribution < -0.4 is 5.32 Å². The van der Waals surface area contributed by atoms with E-state index in [0.29, 0.717) is 12.5 Å². The van der Waals surface area contributed by atoms with Crippen molar-refractivity contribution < 1.29 is 4.79 Å². The molecule has 1 aliphatic rings. The highest BCUT2D eigenvalue weighted by molar-refractivity contribution is 6.30. The maximum absolute atomic E-state index is 12.1. The molecule has 1 aromatic carbocycles. The fourth-order valence-electron chi connectivity index (χ4n) is 2.03. The molecule has 0 bridgehead atoms. The van der Waals surface area contributed by atoms with Crippen LogP contribution in [-0.4, -0.2) is 30.4 Å². The zero-order chi connectivity index (χ0) is 13.8. The minimum atomic E-state index is 0.0747. The summed E-state index contributed by atoms with van der Waals surface area (Å²) in [5, 5.41) is 4.08. The van der Waals surface area contributed by atoms with Gasteiger partial charge in [-0.15, -0.1) is 0 Å². The fraction of sp³-hybridized carbons (Fsp3) is 0.533. The average Bonchev–Trinajstić information content (AvgIpc) is 3.22. The first-order valence-corrected chi connectivity index (χ1v) is 7.20. The van der Waals surface area contributed by atoms with Crippen molar-refractivity contribution in [1.82, 2.24) is 10.2 Å². The summed E-state index contributed by atoms with van der Waals surface area (Å²) in [5.74, 6) is 0.176. The van der Waals surface area contributed by atoms with Crippen LogP contribution in [0.3, 0.4) is 0 Å². The molecule has 4 heteroatoms. The van der Waals surface area contributed by atoms with Gasteiger partial charge < -0.3 is 10.2 Å². The minimum absolute atomic E-state index is 0.0747. The molecule has 2 rings (SSSR count). The molecule has 1 saturated carbocycles. The first kappa shape index (κ1) is 14.4. The Morgan fingerprint density at radius 1 is 1.42 bits per heavy atom. The summed E-state index contributed by atoms with van der Waals surface area (Å²) in [6, 6.07) is 8.40. The van der Waals surface area contributed by atoms with Crippen LogP contribution in [0.2, 0.25) is 5.02 Å². The van der Waals surface area contributed by atoms with E-state index in [-0.39, 0.29) is 11.9 Å². The van der Waals surface area contributed by atoms with E-state index in [0.717, 1.165) is 17.1 Å². The minimum Gasteiger partial charge on any atom is -0.339 e. The van der Waals surface area contributed by atoms with Crippen molar-refractivity contribution in [2.75, 3.05) is 13.6 Å². The van der Waals surface area contributed by atoms with Crippen LogP contribution in [0.5, 0.6) is 0 Å². The van der Waals surface area contributed by atoms with Crippen LogP contribution in [0.25, 0.3) is 0 Å². The van der Waals surface area contributed by atoms with Crippen LogP contribution in [-0.2, 0) is 4.79 Å². The zero-order valence-electron chi connectivity index (χ0n) is 11.5. The van der Waals surface area contributed by atoms with Crippen LogP contribution >= 0.6 is 11.6 Å². The first-order valence-electron chi connectivity index (χ1n) is 6.82. The van der Waals surface area contributed by atoms with Crippen molar-refractivity contribution >= 4 is 17.5 Å². The number of rotatable bonds is 6. The lowest BCUT2D eigenvalue weighted by atomic mass is 10.1. The number of nitrogens with zero attached hydrogens (tertiary/aromatic N) is 1. The monoisotopic (exact) mass is 280 g/mol. The van der Waals surface area contributed by atoms with Gasteiger partial charge in [-0.25, -0.2) is 0 Å². The van der Waals surface area contributed by atoms with Gasteiger partial charge >= 0.3 is 0 Å². The molecule has 19 heavy (non-hydrogen) atoms. The summed E-state index contributed by atoms with van der Waals surface area (Å²) in [6.07, 6.45) is 3.07. The highest BCUT2D eigenvalue weighted by Crippen LogP contribution is 2.21. The van der Waals surface area contributed by atoms with Crippen molar-refractivity contribution in [1.29, 1.82) is 0 Å². The molecule has 1 atom stereocenters. The van der Waals surface area contributed by atoms with Gasteiger partial charge in [0.25, 0.3) is 0 Å². The molecule has 0 spiro atoms. The molecular formula is C15H21ClN2O. The van der Waals surface area contributed by atoms with E-state index in [1.807, 2.05) is 38.2 Å². The summed E-state index contributed by atoms with van der Waals surface area (Å²) in [7, 11) is 1.86. The SMILES string of the molecule is CC(c1ccc(Cl)cc1)N(C)C(=O)CCNC1CC1. The third kappa shape index (κ3) is 4.22. The molecule has 3 nitrogen and oxygen atoms in total. The molecule has 0 saturated heterocycles. The number of amides is 1. The van der Waals surface area contributed by atoms with Crippen LogP contribution in [0, 0.1) is 0 Å². The number of hydrogen-bond acceptors (Lipinski definition) is 2. The molecule has 1 amide bonds. The summed E-state index contributed by atoms with van der Waals surface area (Å²) >= 11 is 5.87. The van der Waals surface area contributed by atoms with Crippen LogP contribution in [0.15, 0.2) is 24.3 Å². The van der Waals surface area contributed by atoms with E-state index in [1.165, 1.54) is 12.8 Å². The number of halogens is 1. The van der Waals surface area contributed by atoms with Gasteiger partial charge in [0.05, 0.1) is 6.04 Å². The molecule has 0 radical (unpaired) electrons. The number of carbonyl (C=O) groups excluding carboxylic acids is 1. The quantitative estimate of drug-likeness (QED) is 0.869. The standard InChI is InChI=1S/C15H21ClN2O/c1-11(12-3-5-13(16)6-4-12)18(2)15(19)9-10-17-14-7-8-14/h3-6,11,14,17H,7-10H2,1-2H3. The molecule has 1 unspecified atom stereocenters. The summed E-state index contributed by atoms with van der Waals surface area (Å²) in [4.78, 5) is 13.9. The Bertz CT molecular complexity index is 428. The van der Waals surface area contributed by atoms with Crippen LogP contribution in [0.1, 0.15) is 37.8 Å². The number of hydrogen-bond donors (Lipinski definition) is 1. The Morgan fingerprint density at radius 2 is 2.05 bits per heavy atom. The number of nitrogens with one attached hydrogen (secondary N) is 1. The highest BCUT2D eigenvalue weighted by atomic mass is 35.5. The van der Waals surface area contributed by atoms with E-state index in [1.54, 1.807) is 4.90 Å². The highest BCUT2D eigenvalue weighted by Gasteiger charge is 2.21. The predicted octanol–water partition coefficient (Wildman–Crippen LogP) is 3.00. The maximum Gasteiger partial charge on any atom is 0.224 e. The largest absolute Gasteiger partial charge is 0.339 e. The Labute approximate surface area is 119 Å². The van der Waals surface area contributed by atoms with Gasteiger partial charge in [-0.1, -0.05) is 23.7 Å². The van der Waals surface area contributed by atoms with Crippen molar-refractivity contribution in [3.8, 4) is 0 Å². The first-order chi connectivity index (χ1) is 9.08. The van der Waals surface area contributed by atoms with E-state index < -0.39 is 0 Å². The van der Waals surface area contributed by atoms with E-state index in [9.17, 15) is 4.79 Å². The van der Waals surface area contributed by atoms with Crippen molar-refractivity contribution in [3.05, 3.63) is 34.9 Å². The van der Waals surface area contributed by atoms with E-state index in [2.05, 4.69) is 5.32 Å². The lowest BCUT2D eigenvalue weighted by molar-refractivity contribution is -0.131. The Balaban J connectivity index is 1.84. The second-order valence-electron chi connectivity index (χ2n) is 5.21. The summed E-state index contributed by atoms with van der Waals surface area (Å²) in [5.41, 5.74) is 1.11. The van der Waals surface area contributed by atoms with Gasteiger partial charge in [-0.3, -0.25) is 4.79 Å². The Kier molecular flexibility index (Phi) is 4.83. The van der Waals surface area contributed by atoms with Gasteiger partial charge in [0.1, 0.15) is 0 Å². The van der Waals surface area contributed by atoms with Crippen LogP contribution in [0.4, 0.5) is 0 Å². The van der Waals surface area contributed by atoms with Gasteiger partial charge in [0.2, 0.25) is 5.91 Å². The molecule has 1 N–H and O–H groups in total. The lowest BCUT2D eigenvalue weighted by Crippen LogP contribution is -2.32. The predicted molar refractivity (Wildman–Crippen MR) is 78.3 cm³/mol. The molecule has 0 aromatic heterocycles. The molecule has 1 aromatic rings. The molecule has 104 valence electrons. The number of carbonyl (C=O) groups is 1. The summed E-state index contributed by atoms with van der Waals surface area (Å²) < 4.78 is 0. The smallest absolute Gasteiger partial charge is 0.224 e. The molecule has 1 aliphatic carbocycles. The number of benzene rings is 1. The van der Waals surface area contributed by atoms with Gasteiger partial charge in [-0.05, 0) is 37.5 Å². The topological polar surface area (TPSA) is 32.3 Å². The summed E-state index contributed by atoms with van der Waals surface area (Å²) in [6.45, 7) is 2.82. The van der Waals surface area contributed by atoms with E-state index >= 15 is 0 Å². The molecule has 0 heterocycles. The van der Waals surface area contributed by atoms with Gasteiger partial charge in [0.15, 0.2) is 0 Å². The second-order valence-corrected chi connectivity index (χ2v) is 5.65. The van der Waals surface area contributed by atoms with Gasteiger partial charge in [-0.2, -0.15) is 0 Å². The Morgan fingerprint density at radius 3 is 2.63 bits per heavy atom. The fourth-order valence-corrected chi connectivity index (χ4v) is 2.15. The normalized spacial score (nSPS) is 16.2. The maximum atomic E-state index is 12.1. The van der Waals surface area contributed by atoms with Crippen molar-refractivity contribution in [3.63, 3.8) is 0 Å². The molecule has 1 fully saturated rings. The molecule has 0 aliphatic heterocycles. The van der Waals surface area contributed by atoms with E-state index in [4.69, 9.17) is 11.6 Å². The molecular weight excluding hydrogens is 260 g/mol. The zero-order valence-corrected chi connectivity index (χ0v) is 12.3. The Hall–Kier alpha value is -1.06.